The van der Waals surface area contributed by atoms with Gasteiger partial charge in [-0.25, -0.2) is 0 Å². The van der Waals surface area contributed by atoms with Crippen LogP contribution in [-0.2, 0) is 11.0 Å². The van der Waals surface area contributed by atoms with Crippen molar-refractivity contribution in [2.75, 3.05) is 32.8 Å². The molecule has 1 unspecified atom stereocenters. The monoisotopic (exact) mass is 480 g/mol. The van der Waals surface area contributed by atoms with Crippen molar-refractivity contribution in [3.63, 3.8) is 0 Å². The molecule has 1 aromatic carbocycles. The highest BCUT2D eigenvalue weighted by Crippen LogP contribution is 2.72. The van der Waals surface area contributed by atoms with Gasteiger partial charge < -0.3 is 19.3 Å². The smallest absolute Gasteiger partial charge is 0.168 e. The Kier molecular flexibility index (Phi) is 6.48. The summed E-state index contributed by atoms with van der Waals surface area (Å²) in [6.45, 7) is 11.4. The summed E-state index contributed by atoms with van der Waals surface area (Å²) in [5, 5.41) is 13.0. The Bertz CT molecular complexity index is 877. The van der Waals surface area contributed by atoms with Crippen LogP contribution in [0, 0.1) is 11.3 Å². The van der Waals surface area contributed by atoms with Gasteiger partial charge in [-0.2, -0.15) is 0 Å². The molecule has 180 valence electrons. The van der Waals surface area contributed by atoms with Gasteiger partial charge in [0.15, 0.2) is 11.5 Å². The maximum atomic E-state index is 13.0. The molecule has 1 aliphatic heterocycles. The third-order valence-corrected chi connectivity index (χ3v) is 11.3. The molecule has 1 heterocycles. The number of ether oxygens (including phenoxy) is 3. The largest absolute Gasteiger partial charge is 0.496 e. The van der Waals surface area contributed by atoms with Crippen LogP contribution in [0.15, 0.2) is 0 Å². The Morgan fingerprint density at radius 2 is 1.44 bits per heavy atom. The summed E-state index contributed by atoms with van der Waals surface area (Å²) in [7, 11) is 5.20. The number of hydrogen-bond acceptors (Lipinski definition) is 6. The Hall–Kier alpha value is -0.720. The predicted molar refractivity (Wildman–Crippen MR) is 136 cm³/mol. The van der Waals surface area contributed by atoms with E-state index in [1.54, 1.807) is 21.3 Å². The Balaban J connectivity index is 2.16. The zero-order chi connectivity index (χ0) is 23.5. The van der Waals surface area contributed by atoms with Gasteiger partial charge in [0.1, 0.15) is 11.4 Å². The highest BCUT2D eigenvalue weighted by Gasteiger charge is 2.68. The second-order valence-electron chi connectivity index (χ2n) is 10.9. The zero-order valence-electron chi connectivity index (χ0n) is 21.0. The van der Waals surface area contributed by atoms with Crippen LogP contribution in [0.25, 0.3) is 0 Å². The van der Waals surface area contributed by atoms with Gasteiger partial charge >= 0.3 is 0 Å². The van der Waals surface area contributed by atoms with Crippen LogP contribution >= 0.6 is 23.5 Å². The molecule has 0 spiro atoms. The predicted octanol–water partition coefficient (Wildman–Crippen LogP) is 6.32. The van der Waals surface area contributed by atoms with E-state index in [1.165, 1.54) is 6.42 Å². The molecule has 1 saturated heterocycles. The summed E-state index contributed by atoms with van der Waals surface area (Å²) in [4.78, 5) is 0. The molecule has 2 fully saturated rings. The minimum absolute atomic E-state index is 0.0133. The van der Waals surface area contributed by atoms with E-state index >= 15 is 0 Å². The minimum atomic E-state index is -1.00. The van der Waals surface area contributed by atoms with Gasteiger partial charge in [0.05, 0.1) is 25.9 Å². The first-order chi connectivity index (χ1) is 15.1. The molecule has 3 aliphatic rings. The molecule has 3 atom stereocenters. The van der Waals surface area contributed by atoms with Crippen LogP contribution in [-0.4, -0.2) is 42.5 Å². The summed E-state index contributed by atoms with van der Waals surface area (Å²) in [6.07, 6.45) is 4.48. The highest BCUT2D eigenvalue weighted by molar-refractivity contribution is 8.17. The molecule has 4 rings (SSSR count). The van der Waals surface area contributed by atoms with E-state index in [0.29, 0.717) is 0 Å². The summed E-state index contributed by atoms with van der Waals surface area (Å²) >= 11 is 3.84. The first-order valence-electron chi connectivity index (χ1n) is 11.9. The van der Waals surface area contributed by atoms with E-state index < -0.39 is 5.60 Å². The molecule has 0 bridgehead atoms. The number of benzene rings is 1. The van der Waals surface area contributed by atoms with Crippen molar-refractivity contribution >= 4 is 23.5 Å². The average Bonchev–Trinajstić information content (AvgIpc) is 2.98. The first-order valence-corrected chi connectivity index (χ1v) is 14.0. The number of thioether (sulfide) groups is 2. The number of aliphatic hydroxyl groups is 1. The fourth-order valence-electron chi connectivity index (χ4n) is 7.31. The lowest BCUT2D eigenvalue weighted by Gasteiger charge is -2.54. The molecule has 0 amide bonds. The summed E-state index contributed by atoms with van der Waals surface area (Å²) in [6, 6.07) is 0. The van der Waals surface area contributed by atoms with Crippen molar-refractivity contribution in [2.45, 2.75) is 81.8 Å². The van der Waals surface area contributed by atoms with E-state index in [1.807, 2.05) is 23.5 Å². The SMILES string of the molecule is COc1c(OC)c2c(c(OC)c1C(C)C)C(O)(C1SCCCS1)[C@@H]1C(C)(C)CCC[C@]21C. The lowest BCUT2D eigenvalue weighted by atomic mass is 9.54. The topological polar surface area (TPSA) is 47.9 Å². The van der Waals surface area contributed by atoms with E-state index in [2.05, 4.69) is 34.6 Å². The van der Waals surface area contributed by atoms with Crippen LogP contribution in [0.3, 0.4) is 0 Å². The van der Waals surface area contributed by atoms with Gasteiger partial charge in [0.2, 0.25) is 0 Å². The molecule has 6 heteroatoms. The number of methoxy groups -OCH3 is 3. The summed E-state index contributed by atoms with van der Waals surface area (Å²) in [5.74, 6) is 4.77. The number of fused-ring (bicyclic) bond motifs is 3. The third kappa shape index (κ3) is 3.22. The van der Waals surface area contributed by atoms with Gasteiger partial charge in [-0.05, 0) is 42.1 Å². The van der Waals surface area contributed by atoms with Crippen LogP contribution in [0.5, 0.6) is 17.2 Å². The van der Waals surface area contributed by atoms with E-state index in [0.717, 1.165) is 64.7 Å². The molecular formula is C26H40O4S2. The molecule has 0 radical (unpaired) electrons. The van der Waals surface area contributed by atoms with Crippen molar-refractivity contribution in [1.29, 1.82) is 0 Å². The fraction of sp³-hybridized carbons (Fsp3) is 0.769. The maximum Gasteiger partial charge on any atom is 0.168 e. The quantitative estimate of drug-likeness (QED) is 0.532. The second-order valence-corrected chi connectivity index (χ2v) is 13.6. The number of rotatable bonds is 5. The molecule has 1 N–H and O–H groups in total. The molecule has 1 aromatic rings. The van der Waals surface area contributed by atoms with Crippen LogP contribution in [0.2, 0.25) is 0 Å². The van der Waals surface area contributed by atoms with Crippen molar-refractivity contribution in [2.24, 2.45) is 11.3 Å². The normalized spacial score (nSPS) is 31.9. The summed E-state index contributed by atoms with van der Waals surface area (Å²) < 4.78 is 18.4. The molecule has 1 saturated carbocycles. The number of hydrogen-bond donors (Lipinski definition) is 1. The maximum absolute atomic E-state index is 13.0. The van der Waals surface area contributed by atoms with Gasteiger partial charge in [0.25, 0.3) is 0 Å². The van der Waals surface area contributed by atoms with Gasteiger partial charge in [0, 0.05) is 28.0 Å². The van der Waals surface area contributed by atoms with Crippen LogP contribution < -0.4 is 14.2 Å². The van der Waals surface area contributed by atoms with E-state index in [-0.39, 0.29) is 27.2 Å². The Morgan fingerprint density at radius 3 is 1.97 bits per heavy atom. The molecule has 32 heavy (non-hydrogen) atoms. The van der Waals surface area contributed by atoms with E-state index in [9.17, 15) is 5.11 Å². The molecular weight excluding hydrogens is 440 g/mol. The van der Waals surface area contributed by atoms with Crippen LogP contribution in [0.4, 0.5) is 0 Å². The van der Waals surface area contributed by atoms with Gasteiger partial charge in [-0.3, -0.25) is 0 Å². The average molecular weight is 481 g/mol. The van der Waals surface area contributed by atoms with Gasteiger partial charge in [-0.1, -0.05) is 41.0 Å². The first kappa shape index (κ1) is 24.4. The Morgan fingerprint density at radius 1 is 0.844 bits per heavy atom. The minimum Gasteiger partial charge on any atom is -0.496 e. The van der Waals surface area contributed by atoms with Crippen molar-refractivity contribution in [3.8, 4) is 17.2 Å². The van der Waals surface area contributed by atoms with Crippen molar-refractivity contribution in [1.82, 2.24) is 0 Å². The molecule has 2 aliphatic carbocycles. The lowest BCUT2D eigenvalue weighted by molar-refractivity contribution is -0.0981. The Labute approximate surface area is 202 Å². The van der Waals surface area contributed by atoms with Crippen molar-refractivity contribution < 1.29 is 19.3 Å². The zero-order valence-corrected chi connectivity index (χ0v) is 22.6. The second kappa shape index (κ2) is 8.49. The lowest BCUT2D eigenvalue weighted by Crippen LogP contribution is -2.54. The third-order valence-electron chi connectivity index (χ3n) is 8.12. The molecule has 0 aromatic heterocycles. The fourth-order valence-corrected chi connectivity index (χ4v) is 10.5. The highest BCUT2D eigenvalue weighted by atomic mass is 32.2. The summed E-state index contributed by atoms with van der Waals surface area (Å²) in [5.41, 5.74) is 1.85. The van der Waals surface area contributed by atoms with Crippen molar-refractivity contribution in [3.05, 3.63) is 16.7 Å². The van der Waals surface area contributed by atoms with Gasteiger partial charge in [-0.15, -0.1) is 23.5 Å². The molecule has 4 nitrogen and oxygen atoms in total. The van der Waals surface area contributed by atoms with E-state index in [4.69, 9.17) is 14.2 Å². The van der Waals surface area contributed by atoms with Crippen LogP contribution in [0.1, 0.15) is 82.9 Å². The standard InChI is InChI=1S/C26H40O4S2/c1-15(2)16-19(28-6)18-17(21(30-8)20(16)29-7)25(5)12-9-11-24(3,4)22(25)26(18,27)23-31-13-10-14-32-23/h15,22-23,27H,9-14H2,1-8H3/t22-,25-,26?/m1/s1.